The van der Waals surface area contributed by atoms with E-state index >= 15 is 0 Å². The number of halogens is 2. The molecule has 0 spiro atoms. The van der Waals surface area contributed by atoms with Crippen LogP contribution in [0.15, 0.2) is 6.07 Å². The van der Waals surface area contributed by atoms with Gasteiger partial charge in [0.05, 0.1) is 6.54 Å². The Bertz CT molecular complexity index is 413. The van der Waals surface area contributed by atoms with Gasteiger partial charge in [-0.2, -0.15) is 0 Å². The zero-order valence-corrected chi connectivity index (χ0v) is 8.08. The summed E-state index contributed by atoms with van der Waals surface area (Å²) < 4.78 is 25.8. The molecule has 0 radical (unpaired) electrons. The maximum Gasteiger partial charge on any atom is 0.248 e. The maximum absolute atomic E-state index is 13.1. The number of amides is 1. The van der Waals surface area contributed by atoms with Crippen molar-refractivity contribution < 1.29 is 18.7 Å². The van der Waals surface area contributed by atoms with Gasteiger partial charge in [-0.1, -0.05) is 0 Å². The Balaban J connectivity index is 2.74. The smallest absolute Gasteiger partial charge is 0.248 e. The van der Waals surface area contributed by atoms with E-state index in [4.69, 9.17) is 16.6 Å². The first-order chi connectivity index (χ1) is 7.41. The highest BCUT2D eigenvalue weighted by Crippen LogP contribution is 2.16. The molecule has 6 N–H and O–H groups in total. The van der Waals surface area contributed by atoms with Gasteiger partial charge in [0.25, 0.3) is 0 Å². The first-order valence-corrected chi connectivity index (χ1v) is 4.24. The SMILES string of the molecule is NC(=O)C(O)CNc1nc(N)c(F)cc1F. The van der Waals surface area contributed by atoms with Crippen LogP contribution in [0.5, 0.6) is 0 Å². The number of anilines is 2. The second-order valence-electron chi connectivity index (χ2n) is 2.98. The lowest BCUT2D eigenvalue weighted by Gasteiger charge is -2.10. The van der Waals surface area contributed by atoms with E-state index in [1.165, 1.54) is 0 Å². The van der Waals surface area contributed by atoms with Gasteiger partial charge in [-0.15, -0.1) is 0 Å². The van der Waals surface area contributed by atoms with Crippen molar-refractivity contribution in [2.75, 3.05) is 17.6 Å². The fourth-order valence-electron chi connectivity index (χ4n) is 0.899. The Morgan fingerprint density at radius 3 is 2.75 bits per heavy atom. The van der Waals surface area contributed by atoms with Gasteiger partial charge in [0.1, 0.15) is 6.10 Å². The molecule has 1 atom stereocenters. The van der Waals surface area contributed by atoms with Gasteiger partial charge in [0.15, 0.2) is 23.3 Å². The van der Waals surface area contributed by atoms with E-state index in [2.05, 4.69) is 10.3 Å². The number of carbonyl (C=O) groups excluding carboxylic acids is 1. The molecule has 0 bridgehead atoms. The molecule has 0 aliphatic carbocycles. The van der Waals surface area contributed by atoms with E-state index < -0.39 is 29.5 Å². The third-order valence-corrected chi connectivity index (χ3v) is 1.75. The number of aliphatic hydroxyl groups is 1. The molecule has 88 valence electrons. The second kappa shape index (κ2) is 4.71. The number of nitrogens with zero attached hydrogens (tertiary/aromatic N) is 1. The summed E-state index contributed by atoms with van der Waals surface area (Å²) in [5.41, 5.74) is 9.87. The number of hydrogen-bond donors (Lipinski definition) is 4. The minimum atomic E-state index is -1.49. The normalized spacial score (nSPS) is 12.2. The fourth-order valence-corrected chi connectivity index (χ4v) is 0.899. The van der Waals surface area contributed by atoms with E-state index in [0.717, 1.165) is 0 Å². The van der Waals surface area contributed by atoms with Crippen LogP contribution in [0.2, 0.25) is 0 Å². The van der Waals surface area contributed by atoms with Gasteiger partial charge in [-0.05, 0) is 0 Å². The molecule has 1 rings (SSSR count). The number of aliphatic hydroxyl groups excluding tert-OH is 1. The largest absolute Gasteiger partial charge is 0.381 e. The number of nitrogens with one attached hydrogen (secondary N) is 1. The number of carbonyl (C=O) groups is 1. The first kappa shape index (κ1) is 12.1. The molecular weight excluding hydrogens is 222 g/mol. The molecule has 0 saturated heterocycles. The standard InChI is InChI=1S/C8H10F2N4O2/c9-3-1-4(10)8(14-6(3)11)13-2-5(15)7(12)16/h1,5,15H,2H2,(H2,12,16)(H3,11,13,14). The van der Waals surface area contributed by atoms with E-state index in [-0.39, 0.29) is 12.4 Å². The number of primary amides is 1. The molecule has 0 aromatic carbocycles. The van der Waals surface area contributed by atoms with Crippen LogP contribution in [0.4, 0.5) is 20.4 Å². The van der Waals surface area contributed by atoms with Gasteiger partial charge in [0, 0.05) is 6.07 Å². The van der Waals surface area contributed by atoms with Crippen LogP contribution < -0.4 is 16.8 Å². The van der Waals surface area contributed by atoms with E-state index in [9.17, 15) is 13.6 Å². The number of hydrogen-bond acceptors (Lipinski definition) is 5. The molecular formula is C8H10F2N4O2. The van der Waals surface area contributed by atoms with Crippen molar-refractivity contribution >= 4 is 17.5 Å². The molecule has 0 aliphatic heterocycles. The molecule has 1 unspecified atom stereocenters. The van der Waals surface area contributed by atoms with Crippen molar-refractivity contribution in [1.82, 2.24) is 4.98 Å². The molecule has 0 aliphatic rings. The summed E-state index contributed by atoms with van der Waals surface area (Å²) in [7, 11) is 0. The second-order valence-corrected chi connectivity index (χ2v) is 2.98. The monoisotopic (exact) mass is 232 g/mol. The van der Waals surface area contributed by atoms with Gasteiger partial charge in [0.2, 0.25) is 5.91 Å². The number of nitrogen functional groups attached to an aromatic ring is 1. The van der Waals surface area contributed by atoms with Crippen LogP contribution in [0.25, 0.3) is 0 Å². The van der Waals surface area contributed by atoms with Crippen LogP contribution in [-0.2, 0) is 4.79 Å². The maximum atomic E-state index is 13.1. The highest BCUT2D eigenvalue weighted by atomic mass is 19.1. The molecule has 1 aromatic rings. The molecule has 1 heterocycles. The number of aromatic nitrogens is 1. The van der Waals surface area contributed by atoms with Gasteiger partial charge in [-0.3, -0.25) is 4.79 Å². The van der Waals surface area contributed by atoms with E-state index in [1.54, 1.807) is 0 Å². The molecule has 1 aromatic heterocycles. The molecule has 1 amide bonds. The van der Waals surface area contributed by atoms with Crippen LogP contribution in [0.3, 0.4) is 0 Å². The fraction of sp³-hybridized carbons (Fsp3) is 0.250. The Labute approximate surface area is 89.3 Å². The van der Waals surface area contributed by atoms with Gasteiger partial charge in [-0.25, -0.2) is 13.8 Å². The lowest BCUT2D eigenvalue weighted by Crippen LogP contribution is -2.34. The minimum Gasteiger partial charge on any atom is -0.381 e. The third-order valence-electron chi connectivity index (χ3n) is 1.75. The first-order valence-electron chi connectivity index (χ1n) is 4.24. The lowest BCUT2D eigenvalue weighted by molar-refractivity contribution is -0.125. The molecule has 0 saturated carbocycles. The topological polar surface area (TPSA) is 114 Å². The zero-order chi connectivity index (χ0) is 12.3. The van der Waals surface area contributed by atoms with Crippen LogP contribution >= 0.6 is 0 Å². The summed E-state index contributed by atoms with van der Waals surface area (Å²) in [4.78, 5) is 13.8. The average Bonchev–Trinajstić information content (AvgIpc) is 2.20. The molecule has 6 nitrogen and oxygen atoms in total. The Morgan fingerprint density at radius 1 is 1.56 bits per heavy atom. The predicted molar refractivity (Wildman–Crippen MR) is 52.3 cm³/mol. The highest BCUT2D eigenvalue weighted by molar-refractivity contribution is 5.79. The summed E-state index contributed by atoms with van der Waals surface area (Å²) in [6.45, 7) is -0.343. The third kappa shape index (κ3) is 2.76. The highest BCUT2D eigenvalue weighted by Gasteiger charge is 2.14. The zero-order valence-electron chi connectivity index (χ0n) is 8.08. The van der Waals surface area contributed by atoms with Crippen molar-refractivity contribution in [2.24, 2.45) is 5.73 Å². The summed E-state index contributed by atoms with van der Waals surface area (Å²) in [6.07, 6.45) is -1.49. The number of pyridine rings is 1. The van der Waals surface area contributed by atoms with Crippen LogP contribution in [-0.4, -0.2) is 28.6 Å². The van der Waals surface area contributed by atoms with E-state index in [0.29, 0.717) is 6.07 Å². The van der Waals surface area contributed by atoms with Crippen LogP contribution in [0, 0.1) is 11.6 Å². The summed E-state index contributed by atoms with van der Waals surface area (Å²) in [6, 6.07) is 0.543. The molecule has 16 heavy (non-hydrogen) atoms. The summed E-state index contributed by atoms with van der Waals surface area (Å²) in [5.74, 6) is -3.79. The molecule has 0 fully saturated rings. The van der Waals surface area contributed by atoms with Crippen molar-refractivity contribution in [3.8, 4) is 0 Å². The number of rotatable bonds is 4. The summed E-state index contributed by atoms with van der Waals surface area (Å²) in [5, 5.41) is 11.3. The molecule has 8 heteroatoms. The average molecular weight is 232 g/mol. The van der Waals surface area contributed by atoms with Gasteiger partial charge >= 0.3 is 0 Å². The Kier molecular flexibility index (Phi) is 3.56. The van der Waals surface area contributed by atoms with Crippen molar-refractivity contribution in [1.29, 1.82) is 0 Å². The van der Waals surface area contributed by atoms with Crippen molar-refractivity contribution in [3.05, 3.63) is 17.7 Å². The summed E-state index contributed by atoms with van der Waals surface area (Å²) >= 11 is 0. The van der Waals surface area contributed by atoms with Crippen molar-refractivity contribution in [3.63, 3.8) is 0 Å². The number of nitrogens with two attached hydrogens (primary N) is 2. The lowest BCUT2D eigenvalue weighted by atomic mass is 10.3. The van der Waals surface area contributed by atoms with Gasteiger partial charge < -0.3 is 21.9 Å². The van der Waals surface area contributed by atoms with E-state index in [1.807, 2.05) is 0 Å². The predicted octanol–water partition coefficient (Wildman–Crippen LogP) is -0.800. The van der Waals surface area contributed by atoms with Crippen molar-refractivity contribution in [2.45, 2.75) is 6.10 Å². The Morgan fingerprint density at radius 2 is 2.19 bits per heavy atom. The van der Waals surface area contributed by atoms with Crippen LogP contribution in [0.1, 0.15) is 0 Å². The minimum absolute atomic E-state index is 0.343. The quantitative estimate of drug-likeness (QED) is 0.542. The Hall–Kier alpha value is -1.96.